The highest BCUT2D eigenvalue weighted by Gasteiger charge is 2.33. The van der Waals surface area contributed by atoms with Crippen LogP contribution in [0.25, 0.3) is 16.9 Å². The fourth-order valence-corrected chi connectivity index (χ4v) is 6.43. The SMILES string of the molecule is Cc1cc(Nc2nccn3c(-c4cc(F)c(OCC#N)cc4Cl)cnc23)ccc1C(=O)N1CCC(C(=O)N2CCNC(CO)C2)CC1. The van der Waals surface area contributed by atoms with Gasteiger partial charge in [-0.25, -0.2) is 14.4 Å². The lowest BCUT2D eigenvalue weighted by Crippen LogP contribution is -2.56. The summed E-state index contributed by atoms with van der Waals surface area (Å²) in [5.41, 5.74) is 3.48. The van der Waals surface area contributed by atoms with Crippen LogP contribution < -0.4 is 15.4 Å². The highest BCUT2D eigenvalue weighted by Crippen LogP contribution is 2.35. The summed E-state index contributed by atoms with van der Waals surface area (Å²) in [6, 6.07) is 9.73. The smallest absolute Gasteiger partial charge is 0.254 e. The lowest BCUT2D eigenvalue weighted by molar-refractivity contribution is -0.138. The van der Waals surface area contributed by atoms with Crippen LogP contribution in [0.5, 0.6) is 5.75 Å². The summed E-state index contributed by atoms with van der Waals surface area (Å²) in [4.78, 5) is 39.1. The molecule has 0 aliphatic carbocycles. The molecule has 12 nitrogen and oxygen atoms in total. The number of likely N-dealkylation sites (tertiary alicyclic amines) is 1. The van der Waals surface area contributed by atoms with Crippen molar-refractivity contribution in [2.45, 2.75) is 25.8 Å². The zero-order valence-corrected chi connectivity index (χ0v) is 26.5. The number of nitriles is 1. The van der Waals surface area contributed by atoms with E-state index in [4.69, 9.17) is 21.6 Å². The molecule has 1 atom stereocenters. The van der Waals surface area contributed by atoms with E-state index in [-0.39, 0.29) is 47.8 Å². The normalized spacial score (nSPS) is 17.0. The van der Waals surface area contributed by atoms with Gasteiger partial charge < -0.3 is 30.3 Å². The number of carbonyl (C=O) groups excluding carboxylic acids is 2. The van der Waals surface area contributed by atoms with Gasteiger partial charge in [0.25, 0.3) is 5.91 Å². The monoisotopic (exact) mass is 660 g/mol. The van der Waals surface area contributed by atoms with E-state index in [1.807, 2.05) is 17.9 Å². The predicted molar refractivity (Wildman–Crippen MR) is 173 cm³/mol. The number of aliphatic hydroxyl groups excluding tert-OH is 1. The third kappa shape index (κ3) is 6.71. The number of aryl methyl sites for hydroxylation is 1. The fourth-order valence-electron chi connectivity index (χ4n) is 6.18. The minimum atomic E-state index is -0.655. The average molecular weight is 661 g/mol. The second-order valence-corrected chi connectivity index (χ2v) is 12.1. The maximum absolute atomic E-state index is 14.7. The van der Waals surface area contributed by atoms with Gasteiger partial charge in [0, 0.05) is 80.0 Å². The topological polar surface area (TPSA) is 148 Å². The van der Waals surface area contributed by atoms with Gasteiger partial charge in [-0.2, -0.15) is 5.26 Å². The molecule has 2 fully saturated rings. The number of imidazole rings is 1. The minimum absolute atomic E-state index is 0.00377. The van der Waals surface area contributed by atoms with Gasteiger partial charge in [0.2, 0.25) is 5.91 Å². The molecule has 2 aromatic carbocycles. The number of aromatic nitrogens is 3. The average Bonchev–Trinajstić information content (AvgIpc) is 3.53. The van der Waals surface area contributed by atoms with Gasteiger partial charge in [-0.1, -0.05) is 11.6 Å². The van der Waals surface area contributed by atoms with Crippen LogP contribution in [-0.2, 0) is 4.79 Å². The van der Waals surface area contributed by atoms with E-state index in [0.29, 0.717) is 79.5 Å². The van der Waals surface area contributed by atoms with Crippen LogP contribution in [0.1, 0.15) is 28.8 Å². The van der Waals surface area contributed by atoms with Crippen LogP contribution in [0, 0.1) is 30.0 Å². The van der Waals surface area contributed by atoms with Crippen LogP contribution >= 0.6 is 11.6 Å². The first-order valence-corrected chi connectivity index (χ1v) is 15.8. The van der Waals surface area contributed by atoms with Gasteiger partial charge >= 0.3 is 0 Å². The molecule has 14 heteroatoms. The zero-order valence-electron chi connectivity index (χ0n) is 25.7. The quantitative estimate of drug-likeness (QED) is 0.257. The Kier molecular flexibility index (Phi) is 9.53. The molecular formula is C33H34ClFN8O4. The van der Waals surface area contributed by atoms with Crippen LogP contribution in [0.2, 0.25) is 5.02 Å². The minimum Gasteiger partial charge on any atom is -0.476 e. The standard InChI is InChI=1S/C33H34ClFN8O4/c1-20-14-22(2-3-24(20)33(46)41-9-4-21(5-10-41)32(45)42-11-7-37-23(18-42)19-44)40-30-31-39-17-28(43(31)12-8-38-30)25-15-27(35)29(16-26(25)34)47-13-6-36/h2-3,8,12,14-17,21,23,37,44H,4-5,7,9-11,13,18-19H2,1H3,(H,38,40). The van der Waals surface area contributed by atoms with Crippen molar-refractivity contribution in [1.29, 1.82) is 5.26 Å². The zero-order chi connectivity index (χ0) is 33.1. The Morgan fingerprint density at radius 3 is 2.74 bits per heavy atom. The molecule has 1 unspecified atom stereocenters. The first-order valence-electron chi connectivity index (χ1n) is 15.4. The van der Waals surface area contributed by atoms with Crippen LogP contribution in [0.4, 0.5) is 15.9 Å². The Hall–Kier alpha value is -4.77. The van der Waals surface area contributed by atoms with Crippen molar-refractivity contribution in [3.8, 4) is 23.1 Å². The van der Waals surface area contributed by atoms with Crippen molar-refractivity contribution in [2.75, 3.05) is 51.3 Å². The van der Waals surface area contributed by atoms with Gasteiger partial charge in [-0.3, -0.25) is 14.0 Å². The molecule has 3 N–H and O–H groups in total. The van der Waals surface area contributed by atoms with E-state index < -0.39 is 5.82 Å². The number of benzene rings is 2. The molecule has 6 rings (SSSR count). The molecule has 0 bridgehead atoms. The van der Waals surface area contributed by atoms with Gasteiger partial charge in [0.1, 0.15) is 6.07 Å². The Morgan fingerprint density at radius 1 is 1.19 bits per heavy atom. The Bertz CT molecular complexity index is 1850. The van der Waals surface area contributed by atoms with Crippen LogP contribution in [0.15, 0.2) is 48.9 Å². The largest absolute Gasteiger partial charge is 0.476 e. The summed E-state index contributed by atoms with van der Waals surface area (Å²) in [5.74, 6) is -0.416. The van der Waals surface area contributed by atoms with Crippen molar-refractivity contribution in [3.05, 3.63) is 70.9 Å². The van der Waals surface area contributed by atoms with Crippen molar-refractivity contribution < 1.29 is 23.8 Å². The molecule has 2 aliphatic rings. The number of amides is 2. The highest BCUT2D eigenvalue weighted by atomic mass is 35.5. The Balaban J connectivity index is 1.13. The number of nitrogens with zero attached hydrogens (tertiary/aromatic N) is 6. The lowest BCUT2D eigenvalue weighted by atomic mass is 9.94. The number of hydrogen-bond donors (Lipinski definition) is 3. The third-order valence-electron chi connectivity index (χ3n) is 8.66. The molecule has 244 valence electrons. The molecule has 4 heterocycles. The number of carbonyl (C=O) groups is 2. The number of hydrogen-bond acceptors (Lipinski definition) is 9. The maximum Gasteiger partial charge on any atom is 0.254 e. The predicted octanol–water partition coefficient (Wildman–Crippen LogP) is 3.79. The summed E-state index contributed by atoms with van der Waals surface area (Å²) in [6.45, 7) is 4.37. The molecule has 2 aliphatic heterocycles. The molecule has 4 aromatic rings. The Labute approximate surface area is 275 Å². The van der Waals surface area contributed by atoms with E-state index in [1.54, 1.807) is 46.1 Å². The first kappa shape index (κ1) is 32.2. The molecule has 0 saturated carbocycles. The molecule has 47 heavy (non-hydrogen) atoms. The number of fused-ring (bicyclic) bond motifs is 1. The van der Waals surface area contributed by atoms with E-state index in [2.05, 4.69) is 20.6 Å². The lowest BCUT2D eigenvalue weighted by Gasteiger charge is -2.38. The third-order valence-corrected chi connectivity index (χ3v) is 8.97. The number of rotatable bonds is 8. The van der Waals surface area contributed by atoms with Crippen molar-refractivity contribution in [3.63, 3.8) is 0 Å². The van der Waals surface area contributed by atoms with E-state index in [0.717, 1.165) is 5.56 Å². The van der Waals surface area contributed by atoms with Gasteiger partial charge in [0.05, 0.1) is 23.5 Å². The number of piperazine rings is 1. The van der Waals surface area contributed by atoms with Crippen LogP contribution in [-0.4, -0.2) is 93.1 Å². The summed E-state index contributed by atoms with van der Waals surface area (Å²) >= 11 is 6.46. The molecule has 2 saturated heterocycles. The van der Waals surface area contributed by atoms with Crippen LogP contribution in [0.3, 0.4) is 0 Å². The fraction of sp³-hybridized carbons (Fsp3) is 0.364. The van der Waals surface area contributed by atoms with Crippen molar-refractivity contribution in [1.82, 2.24) is 29.5 Å². The van der Waals surface area contributed by atoms with E-state index >= 15 is 0 Å². The Morgan fingerprint density at radius 2 is 2.00 bits per heavy atom. The second-order valence-electron chi connectivity index (χ2n) is 11.7. The van der Waals surface area contributed by atoms with E-state index in [1.165, 1.54) is 12.1 Å². The number of nitrogens with one attached hydrogen (secondary N) is 2. The number of aliphatic hydroxyl groups is 1. The van der Waals surface area contributed by atoms with Gasteiger partial charge in [-0.05, 0) is 49.6 Å². The summed E-state index contributed by atoms with van der Waals surface area (Å²) in [6.07, 6.45) is 6.06. The summed E-state index contributed by atoms with van der Waals surface area (Å²) in [5, 5.41) is 24.9. The molecule has 0 radical (unpaired) electrons. The van der Waals surface area contributed by atoms with Crippen molar-refractivity contribution in [2.24, 2.45) is 5.92 Å². The molecule has 2 amide bonds. The number of halogens is 2. The maximum atomic E-state index is 14.7. The van der Waals surface area contributed by atoms with Gasteiger partial charge in [0.15, 0.2) is 29.6 Å². The molecular weight excluding hydrogens is 627 g/mol. The molecule has 2 aromatic heterocycles. The summed E-state index contributed by atoms with van der Waals surface area (Å²) < 4.78 is 21.5. The number of piperidine rings is 1. The summed E-state index contributed by atoms with van der Waals surface area (Å²) in [7, 11) is 0. The molecule has 0 spiro atoms. The van der Waals surface area contributed by atoms with Gasteiger partial charge in [-0.15, -0.1) is 0 Å². The second kappa shape index (κ2) is 13.9. The number of ether oxygens (including phenoxy) is 1. The number of anilines is 2. The first-order chi connectivity index (χ1) is 22.8. The highest BCUT2D eigenvalue weighted by molar-refractivity contribution is 6.33. The van der Waals surface area contributed by atoms with Crippen molar-refractivity contribution >= 4 is 40.6 Å². The van der Waals surface area contributed by atoms with E-state index in [9.17, 15) is 19.1 Å².